The fourth-order valence-corrected chi connectivity index (χ4v) is 1.17. The molecule has 0 bridgehead atoms. The predicted octanol–water partition coefficient (Wildman–Crippen LogP) is 1.86. The van der Waals surface area contributed by atoms with Gasteiger partial charge in [-0.15, -0.1) is 0 Å². The molecule has 13 heavy (non-hydrogen) atoms. The zero-order valence-electron chi connectivity index (χ0n) is 7.00. The van der Waals surface area contributed by atoms with E-state index in [9.17, 15) is 4.39 Å². The van der Waals surface area contributed by atoms with E-state index < -0.39 is 5.82 Å². The van der Waals surface area contributed by atoms with E-state index in [2.05, 4.69) is 0 Å². The van der Waals surface area contributed by atoms with Crippen LogP contribution in [0, 0.1) is 5.82 Å². The number of aliphatic hydroxyl groups excluding tert-OH is 1. The molecular weight excluding hydrogens is 193 g/mol. The zero-order chi connectivity index (χ0) is 9.84. The third-order valence-electron chi connectivity index (χ3n) is 1.81. The van der Waals surface area contributed by atoms with Crippen LogP contribution in [-0.2, 0) is 0 Å². The summed E-state index contributed by atoms with van der Waals surface area (Å²) in [5, 5.41) is 8.71. The highest BCUT2D eigenvalue weighted by atomic mass is 35.5. The maximum atomic E-state index is 12.9. The Bertz CT molecular complexity index is 293. The molecule has 2 nitrogen and oxygen atoms in total. The van der Waals surface area contributed by atoms with Crippen LogP contribution in [0.2, 0.25) is 5.02 Å². The molecule has 0 aromatic heterocycles. The maximum absolute atomic E-state index is 12.9. The molecule has 0 aliphatic rings. The predicted molar refractivity (Wildman–Crippen MR) is 50.0 cm³/mol. The fraction of sp³-hybridized carbons (Fsp3) is 0.333. The number of halogens is 2. The van der Waals surface area contributed by atoms with Crippen molar-refractivity contribution in [2.24, 2.45) is 5.73 Å². The summed E-state index contributed by atoms with van der Waals surface area (Å²) in [6, 6.07) is 4.08. The number of rotatable bonds is 3. The van der Waals surface area contributed by atoms with Crippen LogP contribution in [0.3, 0.4) is 0 Å². The van der Waals surface area contributed by atoms with Crippen molar-refractivity contribution in [2.45, 2.75) is 12.5 Å². The van der Waals surface area contributed by atoms with E-state index >= 15 is 0 Å². The highest BCUT2D eigenvalue weighted by Gasteiger charge is 2.07. The first-order valence-electron chi connectivity index (χ1n) is 3.96. The van der Waals surface area contributed by atoms with E-state index in [0.717, 1.165) is 0 Å². The number of benzene rings is 1. The molecule has 1 aromatic carbocycles. The van der Waals surface area contributed by atoms with Crippen molar-refractivity contribution in [3.05, 3.63) is 34.6 Å². The molecule has 0 heterocycles. The third-order valence-corrected chi connectivity index (χ3v) is 2.12. The topological polar surface area (TPSA) is 46.2 Å². The van der Waals surface area contributed by atoms with Gasteiger partial charge in [-0.1, -0.05) is 17.7 Å². The molecule has 0 saturated carbocycles. The van der Waals surface area contributed by atoms with Crippen molar-refractivity contribution in [2.75, 3.05) is 6.61 Å². The largest absolute Gasteiger partial charge is 0.396 e. The zero-order valence-corrected chi connectivity index (χ0v) is 7.76. The number of aliphatic hydroxyl groups is 1. The summed E-state index contributed by atoms with van der Waals surface area (Å²) in [6.07, 6.45) is 0.418. The first kappa shape index (κ1) is 10.4. The van der Waals surface area contributed by atoms with Crippen LogP contribution in [-0.4, -0.2) is 11.7 Å². The molecule has 0 amide bonds. The van der Waals surface area contributed by atoms with E-state index in [4.69, 9.17) is 22.4 Å². The van der Waals surface area contributed by atoms with E-state index in [1.54, 1.807) is 6.07 Å². The Labute approximate surface area is 81.1 Å². The van der Waals surface area contributed by atoms with Gasteiger partial charge < -0.3 is 10.8 Å². The van der Waals surface area contributed by atoms with Gasteiger partial charge in [0.25, 0.3) is 0 Å². The average molecular weight is 204 g/mol. The van der Waals surface area contributed by atoms with Crippen molar-refractivity contribution in [3.63, 3.8) is 0 Å². The number of hydrogen-bond acceptors (Lipinski definition) is 2. The number of nitrogens with two attached hydrogens (primary N) is 1. The molecule has 0 aliphatic heterocycles. The molecule has 0 saturated heterocycles. The lowest BCUT2D eigenvalue weighted by molar-refractivity contribution is 0.276. The van der Waals surface area contributed by atoms with Crippen molar-refractivity contribution in [1.29, 1.82) is 0 Å². The summed E-state index contributed by atoms with van der Waals surface area (Å²) < 4.78 is 12.9. The Hall–Kier alpha value is -0.640. The van der Waals surface area contributed by atoms with Gasteiger partial charge in [-0.25, -0.2) is 4.39 Å². The van der Waals surface area contributed by atoms with Gasteiger partial charge in [0.05, 0.1) is 5.02 Å². The highest BCUT2D eigenvalue weighted by Crippen LogP contribution is 2.20. The van der Waals surface area contributed by atoms with Crippen LogP contribution in [0.25, 0.3) is 0 Å². The quantitative estimate of drug-likeness (QED) is 0.788. The lowest BCUT2D eigenvalue weighted by Gasteiger charge is -2.10. The molecular formula is C9H11ClFNO. The summed E-state index contributed by atoms with van der Waals surface area (Å²) in [4.78, 5) is 0. The van der Waals surface area contributed by atoms with Crippen LogP contribution in [0.15, 0.2) is 18.2 Å². The van der Waals surface area contributed by atoms with Gasteiger partial charge in [0.2, 0.25) is 0 Å². The monoisotopic (exact) mass is 203 g/mol. The second-order valence-electron chi connectivity index (χ2n) is 2.79. The van der Waals surface area contributed by atoms with Gasteiger partial charge in [0.1, 0.15) is 5.82 Å². The van der Waals surface area contributed by atoms with Crippen molar-refractivity contribution in [1.82, 2.24) is 0 Å². The van der Waals surface area contributed by atoms with E-state index in [-0.39, 0.29) is 17.7 Å². The molecule has 0 radical (unpaired) electrons. The van der Waals surface area contributed by atoms with Crippen LogP contribution in [0.1, 0.15) is 18.0 Å². The van der Waals surface area contributed by atoms with E-state index in [1.165, 1.54) is 12.1 Å². The minimum absolute atomic E-state index is 0.00852. The summed E-state index contributed by atoms with van der Waals surface area (Å²) in [6.45, 7) is -0.00852. The van der Waals surface area contributed by atoms with Gasteiger partial charge in [0, 0.05) is 12.6 Å². The number of hydrogen-bond donors (Lipinski definition) is 2. The fourth-order valence-electron chi connectivity index (χ4n) is 1.05. The lowest BCUT2D eigenvalue weighted by atomic mass is 10.1. The van der Waals surface area contributed by atoms with Gasteiger partial charge in [-0.05, 0) is 24.1 Å². The Balaban J connectivity index is 2.84. The summed E-state index contributed by atoms with van der Waals surface area (Å²) in [5.41, 5.74) is 6.30. The van der Waals surface area contributed by atoms with Crippen LogP contribution < -0.4 is 5.73 Å². The Morgan fingerprint density at radius 3 is 2.77 bits per heavy atom. The molecule has 1 rings (SSSR count). The summed E-state index contributed by atoms with van der Waals surface area (Å²) >= 11 is 5.50. The Kier molecular flexibility index (Phi) is 3.66. The van der Waals surface area contributed by atoms with Crippen molar-refractivity contribution < 1.29 is 9.50 Å². The molecule has 4 heteroatoms. The molecule has 0 spiro atoms. The second-order valence-corrected chi connectivity index (χ2v) is 3.20. The van der Waals surface area contributed by atoms with E-state index in [1.807, 2.05) is 0 Å². The van der Waals surface area contributed by atoms with Crippen LogP contribution in [0.4, 0.5) is 4.39 Å². The normalized spacial score (nSPS) is 12.9. The maximum Gasteiger partial charge on any atom is 0.142 e. The average Bonchev–Trinajstić information content (AvgIpc) is 2.10. The third kappa shape index (κ3) is 2.66. The lowest BCUT2D eigenvalue weighted by Crippen LogP contribution is -2.12. The standard InChI is InChI=1S/C9H11ClFNO/c10-7-2-1-6(5-8(7)11)9(12)3-4-13/h1-2,5,9,13H,3-4,12H2/t9-/m0/s1. The minimum atomic E-state index is -0.479. The molecule has 0 fully saturated rings. The Morgan fingerprint density at radius 1 is 1.54 bits per heavy atom. The first-order valence-corrected chi connectivity index (χ1v) is 4.34. The van der Waals surface area contributed by atoms with Crippen molar-refractivity contribution >= 4 is 11.6 Å². The van der Waals surface area contributed by atoms with Crippen LogP contribution >= 0.6 is 11.6 Å². The summed E-state index contributed by atoms with van der Waals surface area (Å²) in [5.74, 6) is -0.479. The minimum Gasteiger partial charge on any atom is -0.396 e. The molecule has 1 aromatic rings. The van der Waals surface area contributed by atoms with E-state index in [0.29, 0.717) is 12.0 Å². The smallest absolute Gasteiger partial charge is 0.142 e. The SMILES string of the molecule is N[C@@H](CCO)c1ccc(Cl)c(F)c1. The highest BCUT2D eigenvalue weighted by molar-refractivity contribution is 6.30. The second kappa shape index (κ2) is 4.56. The molecule has 0 unspecified atom stereocenters. The summed E-state index contributed by atoms with van der Waals surface area (Å²) in [7, 11) is 0. The van der Waals surface area contributed by atoms with Gasteiger partial charge >= 0.3 is 0 Å². The first-order chi connectivity index (χ1) is 6.15. The molecule has 1 atom stereocenters. The van der Waals surface area contributed by atoms with Gasteiger partial charge in [0.15, 0.2) is 0 Å². The van der Waals surface area contributed by atoms with Crippen molar-refractivity contribution in [3.8, 4) is 0 Å². The van der Waals surface area contributed by atoms with Gasteiger partial charge in [-0.2, -0.15) is 0 Å². The Morgan fingerprint density at radius 2 is 2.23 bits per heavy atom. The molecule has 0 aliphatic carbocycles. The molecule has 3 N–H and O–H groups in total. The van der Waals surface area contributed by atoms with Gasteiger partial charge in [-0.3, -0.25) is 0 Å². The molecule has 72 valence electrons. The van der Waals surface area contributed by atoms with Crippen LogP contribution in [0.5, 0.6) is 0 Å².